The predicted octanol–water partition coefficient (Wildman–Crippen LogP) is -0.216. The lowest BCUT2D eigenvalue weighted by Gasteiger charge is -1.78. The molecule has 1 aliphatic rings. The molecule has 1 aliphatic heterocycles. The van der Waals surface area contributed by atoms with Gasteiger partial charge in [-0.25, -0.2) is 4.79 Å². The van der Waals surface area contributed by atoms with E-state index in [1.165, 1.54) is 0 Å². The van der Waals surface area contributed by atoms with Crippen LogP contribution in [0.1, 0.15) is 0 Å². The summed E-state index contributed by atoms with van der Waals surface area (Å²) in [6.07, 6.45) is 0. The number of aromatic amines is 1. The quantitative estimate of drug-likeness (QED) is 0.533. The molecule has 1 saturated heterocycles. The maximum atomic E-state index is 10.1. The molecule has 7 nitrogen and oxygen atoms in total. The Morgan fingerprint density at radius 1 is 1.06 bits per heavy atom. The number of nitrogens with zero attached hydrogens (tertiary/aromatic N) is 2. The normalized spacial score (nSPS) is 14.0. The van der Waals surface area contributed by atoms with E-state index in [1.54, 1.807) is 0 Å². The van der Waals surface area contributed by atoms with E-state index < -0.39 is 6.03 Å². The van der Waals surface area contributed by atoms with Crippen LogP contribution in [-0.4, -0.2) is 33.9 Å². The predicted molar refractivity (Wildman–Crippen MR) is 55.4 cm³/mol. The number of amides is 3. The lowest BCUT2D eigenvalue weighted by Crippen LogP contribution is -2.22. The fourth-order valence-corrected chi connectivity index (χ4v) is 1.16. The molecule has 0 aliphatic carbocycles. The monoisotopic (exact) mass is 219 g/mol. The molecule has 16 heavy (non-hydrogen) atoms. The van der Waals surface area contributed by atoms with Crippen molar-refractivity contribution in [3.63, 3.8) is 0 Å². The van der Waals surface area contributed by atoms with Crippen molar-refractivity contribution in [2.24, 2.45) is 0 Å². The number of hydrogen-bond donors (Lipinski definition) is 3. The van der Waals surface area contributed by atoms with Gasteiger partial charge in [-0.2, -0.15) is 15.4 Å². The Bertz CT molecular complexity index is 477. The number of carbonyl (C=O) groups excluding carboxylic acids is 2. The Labute approximate surface area is 90.2 Å². The van der Waals surface area contributed by atoms with Gasteiger partial charge in [0.1, 0.15) is 11.0 Å². The molecule has 0 radical (unpaired) electrons. The number of H-pyrrole nitrogens is 1. The summed E-state index contributed by atoms with van der Waals surface area (Å²) in [6, 6.07) is 7.30. The van der Waals surface area contributed by atoms with Crippen molar-refractivity contribution in [2.75, 3.05) is 6.54 Å². The van der Waals surface area contributed by atoms with Gasteiger partial charge < -0.3 is 5.32 Å². The van der Waals surface area contributed by atoms with Crippen LogP contribution in [0.2, 0.25) is 0 Å². The molecule has 3 rings (SSSR count). The number of rotatable bonds is 0. The molecule has 1 aromatic carbocycles. The Balaban J connectivity index is 0.000000125. The van der Waals surface area contributed by atoms with Crippen molar-refractivity contribution < 1.29 is 9.59 Å². The third kappa shape index (κ3) is 2.32. The number of benzene rings is 1. The third-order valence-corrected chi connectivity index (χ3v) is 1.89. The highest BCUT2D eigenvalue weighted by molar-refractivity contribution is 6.01. The average molecular weight is 219 g/mol. The van der Waals surface area contributed by atoms with Crippen LogP contribution in [0.5, 0.6) is 0 Å². The van der Waals surface area contributed by atoms with Crippen LogP contribution in [0.25, 0.3) is 11.0 Å². The minimum Gasteiger partial charge on any atom is -0.329 e. The molecule has 2 aromatic rings. The van der Waals surface area contributed by atoms with Gasteiger partial charge in [0.2, 0.25) is 5.91 Å². The summed E-state index contributed by atoms with van der Waals surface area (Å²) in [5, 5.41) is 14.6. The minimum absolute atomic E-state index is 0.124. The summed E-state index contributed by atoms with van der Waals surface area (Å²) in [4.78, 5) is 20.1. The maximum Gasteiger partial charge on any atom is 0.321 e. The number of para-hydroxylation sites is 2. The van der Waals surface area contributed by atoms with Crippen molar-refractivity contribution >= 4 is 23.0 Å². The molecule has 3 N–H and O–H groups in total. The Morgan fingerprint density at radius 3 is 2.06 bits per heavy atom. The van der Waals surface area contributed by atoms with E-state index in [0.717, 1.165) is 11.0 Å². The molecule has 0 unspecified atom stereocenters. The van der Waals surface area contributed by atoms with Gasteiger partial charge in [-0.1, -0.05) is 12.1 Å². The van der Waals surface area contributed by atoms with Gasteiger partial charge in [0.25, 0.3) is 0 Å². The standard InChI is InChI=1S/C6H5N3.C3H4N2O2/c1-2-4-6-5(3-1)7-9-8-6;6-2-1-4-3(7)5-2/h1-4H,(H,7,8,9);1H2,(H2,4,5,6,7). The van der Waals surface area contributed by atoms with E-state index in [9.17, 15) is 9.59 Å². The largest absolute Gasteiger partial charge is 0.329 e. The van der Waals surface area contributed by atoms with Crippen molar-refractivity contribution in [2.45, 2.75) is 0 Å². The first-order chi connectivity index (χ1) is 7.75. The third-order valence-electron chi connectivity index (χ3n) is 1.89. The molecule has 7 heteroatoms. The van der Waals surface area contributed by atoms with Crippen LogP contribution in [0.4, 0.5) is 4.79 Å². The molecule has 82 valence electrons. The first-order valence-electron chi connectivity index (χ1n) is 4.59. The summed E-state index contributed by atoms with van der Waals surface area (Å²) >= 11 is 0. The van der Waals surface area contributed by atoms with Crippen molar-refractivity contribution in [1.82, 2.24) is 26.0 Å². The summed E-state index contributed by atoms with van der Waals surface area (Å²) < 4.78 is 0. The zero-order chi connectivity index (χ0) is 11.4. The zero-order valence-corrected chi connectivity index (χ0v) is 8.23. The average Bonchev–Trinajstić information content (AvgIpc) is 2.88. The van der Waals surface area contributed by atoms with Crippen LogP contribution < -0.4 is 10.6 Å². The maximum absolute atomic E-state index is 10.1. The highest BCUT2D eigenvalue weighted by Gasteiger charge is 2.14. The molecule has 1 fully saturated rings. The molecule has 0 atom stereocenters. The molecule has 0 bridgehead atoms. The molecule has 1 aromatic heterocycles. The number of aromatic nitrogens is 3. The van der Waals surface area contributed by atoms with E-state index in [2.05, 4.69) is 20.7 Å². The molecular formula is C9H9N5O2. The van der Waals surface area contributed by atoms with Gasteiger partial charge in [0.15, 0.2) is 0 Å². The van der Waals surface area contributed by atoms with E-state index in [-0.39, 0.29) is 12.5 Å². The minimum atomic E-state index is -0.398. The van der Waals surface area contributed by atoms with Gasteiger partial charge >= 0.3 is 6.03 Å². The van der Waals surface area contributed by atoms with Gasteiger partial charge in [0.05, 0.1) is 6.54 Å². The smallest absolute Gasteiger partial charge is 0.321 e. The first kappa shape index (κ1) is 10.1. The SMILES string of the molecule is O=C1CNC(=O)N1.c1ccc2n[nH]nc2c1. The summed E-state index contributed by atoms with van der Waals surface area (Å²) in [6.45, 7) is 0.124. The Hall–Kier alpha value is -2.44. The fraction of sp³-hybridized carbons (Fsp3) is 0.111. The number of fused-ring (bicyclic) bond motifs is 1. The summed E-state index contributed by atoms with van der Waals surface area (Å²) in [5.41, 5.74) is 1.83. The van der Waals surface area contributed by atoms with Crippen LogP contribution >= 0.6 is 0 Å². The van der Waals surface area contributed by atoms with Crippen LogP contribution in [0.15, 0.2) is 24.3 Å². The molecule has 0 spiro atoms. The lowest BCUT2D eigenvalue weighted by atomic mass is 10.3. The topological polar surface area (TPSA) is 99.8 Å². The highest BCUT2D eigenvalue weighted by Crippen LogP contribution is 2.03. The van der Waals surface area contributed by atoms with Crippen molar-refractivity contribution in [3.8, 4) is 0 Å². The lowest BCUT2D eigenvalue weighted by molar-refractivity contribution is -0.117. The van der Waals surface area contributed by atoms with Crippen molar-refractivity contribution in [3.05, 3.63) is 24.3 Å². The number of hydrogen-bond acceptors (Lipinski definition) is 4. The van der Waals surface area contributed by atoms with Crippen LogP contribution in [0, 0.1) is 0 Å². The van der Waals surface area contributed by atoms with E-state index in [4.69, 9.17) is 0 Å². The van der Waals surface area contributed by atoms with Gasteiger partial charge in [-0.15, -0.1) is 0 Å². The molecule has 2 heterocycles. The van der Waals surface area contributed by atoms with E-state index >= 15 is 0 Å². The van der Waals surface area contributed by atoms with Gasteiger partial charge in [-0.3, -0.25) is 10.1 Å². The first-order valence-corrected chi connectivity index (χ1v) is 4.59. The number of carbonyl (C=O) groups is 2. The molecule has 3 amide bonds. The number of imide groups is 1. The number of nitrogens with one attached hydrogen (secondary N) is 3. The van der Waals surface area contributed by atoms with E-state index in [0.29, 0.717) is 0 Å². The second kappa shape index (κ2) is 4.39. The van der Waals surface area contributed by atoms with Gasteiger partial charge in [-0.05, 0) is 12.1 Å². The van der Waals surface area contributed by atoms with Crippen LogP contribution in [0.3, 0.4) is 0 Å². The van der Waals surface area contributed by atoms with Gasteiger partial charge in [0, 0.05) is 0 Å². The fourth-order valence-electron chi connectivity index (χ4n) is 1.16. The second-order valence-electron chi connectivity index (χ2n) is 3.04. The highest BCUT2D eigenvalue weighted by atomic mass is 16.2. The van der Waals surface area contributed by atoms with E-state index in [1.807, 2.05) is 29.6 Å². The Kier molecular flexibility index (Phi) is 2.77. The van der Waals surface area contributed by atoms with Crippen LogP contribution in [-0.2, 0) is 4.79 Å². The molecule has 0 saturated carbocycles. The van der Waals surface area contributed by atoms with Crippen molar-refractivity contribution in [1.29, 1.82) is 0 Å². The zero-order valence-electron chi connectivity index (χ0n) is 8.23. The summed E-state index contributed by atoms with van der Waals surface area (Å²) in [5.74, 6) is -0.259. The summed E-state index contributed by atoms with van der Waals surface area (Å²) in [7, 11) is 0. The number of urea groups is 1. The Morgan fingerprint density at radius 2 is 1.69 bits per heavy atom. The second-order valence-corrected chi connectivity index (χ2v) is 3.04. The molecular weight excluding hydrogens is 210 g/mol.